The van der Waals surface area contributed by atoms with E-state index in [0.29, 0.717) is 5.92 Å². The van der Waals surface area contributed by atoms with Crippen LogP contribution >= 0.6 is 15.9 Å². The molecule has 0 aliphatic heterocycles. The minimum atomic E-state index is 0.584. The Hall–Kier alpha value is -0.560. The van der Waals surface area contributed by atoms with Gasteiger partial charge in [-0.05, 0) is 5.56 Å². The van der Waals surface area contributed by atoms with Crippen LogP contribution < -0.4 is 0 Å². The number of hydrogen-bond donors (Lipinski definition) is 0. The highest BCUT2D eigenvalue weighted by Gasteiger charge is 2.22. The van der Waals surface area contributed by atoms with Gasteiger partial charge in [0.1, 0.15) is 0 Å². The van der Waals surface area contributed by atoms with Gasteiger partial charge in [-0.1, -0.05) is 52.3 Å². The molecular weight excluding hydrogens is 188 g/mol. The van der Waals surface area contributed by atoms with Gasteiger partial charge in [-0.25, -0.2) is 0 Å². The molecule has 0 spiro atoms. The Kier molecular flexibility index (Phi) is 1.38. The largest absolute Gasteiger partial charge is 0.0622 e. The summed E-state index contributed by atoms with van der Waals surface area (Å²) in [5, 5.41) is 0. The molecule has 0 bridgehead atoms. The van der Waals surface area contributed by atoms with Crippen LogP contribution in [0, 0.1) is 0 Å². The minimum absolute atomic E-state index is 0.584. The quantitative estimate of drug-likeness (QED) is 0.645. The van der Waals surface area contributed by atoms with E-state index in [-0.39, 0.29) is 0 Å². The molecule has 0 saturated heterocycles. The van der Waals surface area contributed by atoms with E-state index in [1.165, 1.54) is 10.0 Å². The number of rotatable bonds is 1. The molecular formula is C9H7Br. The molecule has 2 rings (SSSR count). The van der Waals surface area contributed by atoms with Crippen LogP contribution in [0.3, 0.4) is 0 Å². The van der Waals surface area contributed by atoms with Gasteiger partial charge in [0.05, 0.1) is 0 Å². The average Bonchev–Trinajstić information content (AvgIpc) is 2.69. The lowest BCUT2D eigenvalue weighted by atomic mass is 10.1. The predicted molar refractivity (Wildman–Crippen MR) is 46.2 cm³/mol. The fourth-order valence-corrected chi connectivity index (χ4v) is 1.56. The van der Waals surface area contributed by atoms with Crippen LogP contribution in [0.5, 0.6) is 0 Å². The van der Waals surface area contributed by atoms with Crippen LogP contribution in [-0.4, -0.2) is 0 Å². The van der Waals surface area contributed by atoms with E-state index in [1.807, 2.05) is 6.07 Å². The Balaban J connectivity index is 2.22. The molecule has 50 valence electrons. The highest BCUT2D eigenvalue weighted by atomic mass is 79.9. The van der Waals surface area contributed by atoms with E-state index in [2.05, 4.69) is 46.3 Å². The van der Waals surface area contributed by atoms with Crippen molar-refractivity contribution in [3.8, 4) is 0 Å². The van der Waals surface area contributed by atoms with Crippen LogP contribution in [0.2, 0.25) is 0 Å². The number of halogens is 1. The summed E-state index contributed by atoms with van der Waals surface area (Å²) in [5.41, 5.74) is 1.38. The zero-order valence-electron chi connectivity index (χ0n) is 5.42. The molecule has 1 aromatic rings. The van der Waals surface area contributed by atoms with Crippen LogP contribution in [0.1, 0.15) is 11.5 Å². The SMILES string of the molecule is BrC1=C[C@@H]1c1ccccc1. The van der Waals surface area contributed by atoms with Gasteiger partial charge in [-0.15, -0.1) is 0 Å². The van der Waals surface area contributed by atoms with Crippen LogP contribution in [0.15, 0.2) is 40.9 Å². The highest BCUT2D eigenvalue weighted by Crippen LogP contribution is 2.42. The molecule has 1 heteroatoms. The van der Waals surface area contributed by atoms with Gasteiger partial charge in [-0.2, -0.15) is 0 Å². The van der Waals surface area contributed by atoms with Gasteiger partial charge < -0.3 is 0 Å². The van der Waals surface area contributed by atoms with E-state index in [0.717, 1.165) is 0 Å². The van der Waals surface area contributed by atoms with Gasteiger partial charge in [0.2, 0.25) is 0 Å². The van der Waals surface area contributed by atoms with Crippen molar-refractivity contribution in [2.45, 2.75) is 5.92 Å². The van der Waals surface area contributed by atoms with E-state index >= 15 is 0 Å². The third-order valence-electron chi connectivity index (χ3n) is 1.67. The first-order chi connectivity index (χ1) is 4.88. The molecule has 0 saturated carbocycles. The lowest BCUT2D eigenvalue weighted by Crippen LogP contribution is -1.77. The van der Waals surface area contributed by atoms with E-state index < -0.39 is 0 Å². The summed E-state index contributed by atoms with van der Waals surface area (Å²) in [5.74, 6) is 0.584. The first-order valence-corrected chi connectivity index (χ1v) is 4.09. The fraction of sp³-hybridized carbons (Fsp3) is 0.111. The Morgan fingerprint density at radius 2 is 1.70 bits per heavy atom. The fourth-order valence-electron chi connectivity index (χ4n) is 1.03. The molecule has 0 heterocycles. The van der Waals surface area contributed by atoms with Crippen LogP contribution in [-0.2, 0) is 0 Å². The van der Waals surface area contributed by atoms with Gasteiger partial charge in [0.25, 0.3) is 0 Å². The normalized spacial score (nSPS) is 22.1. The summed E-state index contributed by atoms with van der Waals surface area (Å²) >= 11 is 3.45. The summed E-state index contributed by atoms with van der Waals surface area (Å²) in [4.78, 5) is 0. The molecule has 0 unspecified atom stereocenters. The minimum Gasteiger partial charge on any atom is -0.0622 e. The first-order valence-electron chi connectivity index (χ1n) is 3.30. The van der Waals surface area contributed by atoms with Crippen molar-refractivity contribution in [3.63, 3.8) is 0 Å². The van der Waals surface area contributed by atoms with Crippen molar-refractivity contribution in [3.05, 3.63) is 46.5 Å². The Morgan fingerprint density at radius 3 is 2.20 bits per heavy atom. The molecule has 1 aliphatic carbocycles. The summed E-state index contributed by atoms with van der Waals surface area (Å²) in [6.07, 6.45) is 2.20. The molecule has 10 heavy (non-hydrogen) atoms. The topological polar surface area (TPSA) is 0 Å². The molecule has 0 radical (unpaired) electrons. The second-order valence-corrected chi connectivity index (χ2v) is 3.36. The third kappa shape index (κ3) is 1.01. The van der Waals surface area contributed by atoms with Crippen molar-refractivity contribution >= 4 is 15.9 Å². The maximum Gasteiger partial charge on any atom is 0.0343 e. The standard InChI is InChI=1S/C9H7Br/c10-9-6-8(9)7-4-2-1-3-5-7/h1-6,8H/t8-/m1/s1. The Labute approximate surface area is 68.7 Å². The average molecular weight is 195 g/mol. The van der Waals surface area contributed by atoms with Crippen molar-refractivity contribution in [1.82, 2.24) is 0 Å². The van der Waals surface area contributed by atoms with Gasteiger partial charge in [-0.3, -0.25) is 0 Å². The van der Waals surface area contributed by atoms with Crippen LogP contribution in [0.25, 0.3) is 0 Å². The van der Waals surface area contributed by atoms with Crippen molar-refractivity contribution in [2.75, 3.05) is 0 Å². The number of benzene rings is 1. The van der Waals surface area contributed by atoms with E-state index in [4.69, 9.17) is 0 Å². The zero-order valence-corrected chi connectivity index (χ0v) is 7.01. The molecule has 1 aliphatic rings. The first kappa shape index (κ1) is 6.17. The van der Waals surface area contributed by atoms with Crippen molar-refractivity contribution < 1.29 is 0 Å². The number of hydrogen-bond acceptors (Lipinski definition) is 0. The summed E-state index contributed by atoms with van der Waals surface area (Å²) in [6, 6.07) is 10.5. The highest BCUT2D eigenvalue weighted by molar-refractivity contribution is 9.12. The second-order valence-electron chi connectivity index (χ2n) is 2.44. The number of allylic oxidation sites excluding steroid dienone is 2. The van der Waals surface area contributed by atoms with E-state index in [1.54, 1.807) is 0 Å². The summed E-state index contributed by atoms with van der Waals surface area (Å²) in [6.45, 7) is 0. The molecule has 0 amide bonds. The lowest BCUT2D eigenvalue weighted by Gasteiger charge is -1.94. The monoisotopic (exact) mass is 194 g/mol. The van der Waals surface area contributed by atoms with Crippen LogP contribution in [0.4, 0.5) is 0 Å². The zero-order chi connectivity index (χ0) is 6.97. The molecule has 0 nitrogen and oxygen atoms in total. The van der Waals surface area contributed by atoms with Gasteiger partial charge in [0.15, 0.2) is 0 Å². The van der Waals surface area contributed by atoms with Gasteiger partial charge in [0, 0.05) is 10.4 Å². The summed E-state index contributed by atoms with van der Waals surface area (Å²) in [7, 11) is 0. The third-order valence-corrected chi connectivity index (χ3v) is 2.43. The van der Waals surface area contributed by atoms with Gasteiger partial charge >= 0.3 is 0 Å². The molecule has 0 N–H and O–H groups in total. The van der Waals surface area contributed by atoms with Crippen molar-refractivity contribution in [2.24, 2.45) is 0 Å². The maximum atomic E-state index is 3.45. The molecule has 0 aromatic heterocycles. The second kappa shape index (κ2) is 2.24. The smallest absolute Gasteiger partial charge is 0.0343 e. The Morgan fingerprint density at radius 1 is 1.10 bits per heavy atom. The predicted octanol–water partition coefficient (Wildman–Crippen LogP) is 3.06. The molecule has 1 aromatic carbocycles. The van der Waals surface area contributed by atoms with E-state index in [9.17, 15) is 0 Å². The summed E-state index contributed by atoms with van der Waals surface area (Å²) < 4.78 is 1.32. The Bertz CT molecular complexity index is 261. The molecule has 1 atom stereocenters. The lowest BCUT2D eigenvalue weighted by molar-refractivity contribution is 1.23. The molecule has 0 fully saturated rings. The van der Waals surface area contributed by atoms with Crippen molar-refractivity contribution in [1.29, 1.82) is 0 Å². The maximum absolute atomic E-state index is 3.45.